The zero-order valence-corrected chi connectivity index (χ0v) is 24.3. The molecule has 10 nitrogen and oxygen atoms in total. The van der Waals surface area contributed by atoms with Gasteiger partial charge in [0.05, 0.1) is 24.8 Å². The fraction of sp³-hybridized carbons (Fsp3) is 0.556. The number of urea groups is 1. The van der Waals surface area contributed by atoms with Gasteiger partial charge in [0.1, 0.15) is 16.1 Å². The first-order chi connectivity index (χ1) is 18.6. The number of carbonyl (C=O) groups is 2. The molecular weight excluding hydrogens is 540 g/mol. The maximum absolute atomic E-state index is 13.6. The molecule has 1 aromatic carbocycles. The zero-order valence-electron chi connectivity index (χ0n) is 22.6. The summed E-state index contributed by atoms with van der Waals surface area (Å²) in [4.78, 5) is 27.9. The van der Waals surface area contributed by atoms with Gasteiger partial charge in [-0.1, -0.05) is 32.3 Å². The summed E-state index contributed by atoms with van der Waals surface area (Å²) in [5.74, 6) is -0.268. The van der Waals surface area contributed by atoms with Gasteiger partial charge in [0.25, 0.3) is 15.9 Å². The summed E-state index contributed by atoms with van der Waals surface area (Å²) in [5.41, 5.74) is 0.685. The van der Waals surface area contributed by atoms with Crippen molar-refractivity contribution in [2.24, 2.45) is 5.92 Å². The predicted molar refractivity (Wildman–Crippen MR) is 151 cm³/mol. The molecule has 0 saturated heterocycles. The fourth-order valence-electron chi connectivity index (χ4n) is 5.03. The average molecular weight is 579 g/mol. The summed E-state index contributed by atoms with van der Waals surface area (Å²) < 4.78 is 34.0. The van der Waals surface area contributed by atoms with Crippen molar-refractivity contribution in [1.29, 1.82) is 0 Å². The van der Waals surface area contributed by atoms with Crippen LogP contribution in [0.5, 0.6) is 5.75 Å². The smallest absolute Gasteiger partial charge is 0.319 e. The Kier molecular flexibility index (Phi) is 9.52. The number of benzene rings is 1. The summed E-state index contributed by atoms with van der Waals surface area (Å²) in [7, 11) is -2.18. The molecule has 3 amide bonds. The maximum atomic E-state index is 13.6. The number of fused-ring (bicyclic) bond motifs is 1. The van der Waals surface area contributed by atoms with Crippen molar-refractivity contribution in [3.63, 3.8) is 0 Å². The van der Waals surface area contributed by atoms with Crippen LogP contribution in [-0.2, 0) is 10.0 Å². The molecule has 0 spiro atoms. The molecule has 39 heavy (non-hydrogen) atoms. The number of hydrogen-bond acceptors (Lipinski definition) is 7. The molecule has 12 heteroatoms. The van der Waals surface area contributed by atoms with Crippen molar-refractivity contribution in [3.05, 3.63) is 41.3 Å². The number of aliphatic hydroxyl groups is 1. The number of sulfonamides is 1. The normalized spacial score (nSPS) is 21.5. The van der Waals surface area contributed by atoms with Gasteiger partial charge in [0, 0.05) is 31.2 Å². The lowest BCUT2D eigenvalue weighted by Crippen LogP contribution is -2.50. The lowest BCUT2D eigenvalue weighted by molar-refractivity contribution is 0.0387. The van der Waals surface area contributed by atoms with Crippen LogP contribution < -0.4 is 15.4 Å². The van der Waals surface area contributed by atoms with Crippen LogP contribution in [0, 0.1) is 5.92 Å². The second-order valence-electron chi connectivity index (χ2n) is 10.5. The van der Waals surface area contributed by atoms with Crippen LogP contribution in [0.4, 0.5) is 10.5 Å². The molecule has 3 N–H and O–H groups in total. The number of nitrogens with one attached hydrogen (secondary N) is 2. The number of rotatable bonds is 8. The summed E-state index contributed by atoms with van der Waals surface area (Å²) >= 11 is 1.15. The number of ether oxygens (including phenoxy) is 1. The molecule has 0 unspecified atom stereocenters. The summed E-state index contributed by atoms with van der Waals surface area (Å²) in [5, 5.41) is 17.4. The van der Waals surface area contributed by atoms with Gasteiger partial charge >= 0.3 is 6.03 Å². The first-order valence-corrected chi connectivity index (χ1v) is 15.7. The van der Waals surface area contributed by atoms with E-state index in [1.54, 1.807) is 47.5 Å². The van der Waals surface area contributed by atoms with E-state index >= 15 is 0 Å². The van der Waals surface area contributed by atoms with Crippen LogP contribution in [0.15, 0.2) is 39.9 Å². The van der Waals surface area contributed by atoms with Crippen molar-refractivity contribution in [3.8, 4) is 5.75 Å². The van der Waals surface area contributed by atoms with E-state index in [9.17, 15) is 23.1 Å². The molecular formula is C27H38N4O6S2. The Morgan fingerprint density at radius 1 is 1.26 bits per heavy atom. The van der Waals surface area contributed by atoms with Gasteiger partial charge in [-0.2, -0.15) is 4.31 Å². The molecule has 4 rings (SSSR count). The molecule has 1 aliphatic carbocycles. The fourth-order valence-corrected chi connectivity index (χ4v) is 7.42. The first kappa shape index (κ1) is 29.3. The van der Waals surface area contributed by atoms with Crippen molar-refractivity contribution in [1.82, 2.24) is 14.5 Å². The minimum absolute atomic E-state index is 0.0696. The Labute approximate surface area is 234 Å². The number of thiophene rings is 1. The van der Waals surface area contributed by atoms with E-state index in [2.05, 4.69) is 10.6 Å². The highest BCUT2D eigenvalue weighted by atomic mass is 32.2. The molecule has 0 radical (unpaired) electrons. The van der Waals surface area contributed by atoms with E-state index in [1.807, 2.05) is 6.92 Å². The molecule has 1 aromatic heterocycles. The van der Waals surface area contributed by atoms with Gasteiger partial charge in [0.15, 0.2) is 0 Å². The second kappa shape index (κ2) is 12.7. The topological polar surface area (TPSA) is 128 Å². The Morgan fingerprint density at radius 3 is 2.67 bits per heavy atom. The highest BCUT2D eigenvalue weighted by molar-refractivity contribution is 7.91. The van der Waals surface area contributed by atoms with Gasteiger partial charge in [-0.05, 0) is 49.4 Å². The third kappa shape index (κ3) is 6.92. The minimum atomic E-state index is -3.70. The minimum Gasteiger partial charge on any atom is -0.488 e. The number of nitrogens with zero attached hydrogens (tertiary/aromatic N) is 2. The van der Waals surface area contributed by atoms with Crippen molar-refractivity contribution >= 4 is 39.0 Å². The van der Waals surface area contributed by atoms with Crippen molar-refractivity contribution in [2.45, 2.75) is 68.3 Å². The Hall–Kier alpha value is -2.67. The van der Waals surface area contributed by atoms with Gasteiger partial charge in [-0.15, -0.1) is 11.3 Å². The monoisotopic (exact) mass is 578 g/mol. The van der Waals surface area contributed by atoms with Gasteiger partial charge in [0.2, 0.25) is 0 Å². The Balaban J connectivity index is 1.58. The summed E-state index contributed by atoms with van der Waals surface area (Å²) in [6.07, 6.45) is 4.71. The lowest BCUT2D eigenvalue weighted by Gasteiger charge is -2.38. The SMILES string of the molecule is C[C@H](CO)N1C[C@H](C)[C@@H](CN(C)S(=O)(=O)c2cccs2)Oc2ccc(NC(=O)NC3CCCCC3)cc2C1=O. The highest BCUT2D eigenvalue weighted by Crippen LogP contribution is 2.31. The van der Waals surface area contributed by atoms with Crippen LogP contribution >= 0.6 is 11.3 Å². The van der Waals surface area contributed by atoms with Crippen molar-refractivity contribution in [2.75, 3.05) is 32.1 Å². The van der Waals surface area contributed by atoms with Gasteiger partial charge < -0.3 is 25.4 Å². The Morgan fingerprint density at radius 2 is 2.00 bits per heavy atom. The quantitative estimate of drug-likeness (QED) is 0.438. The number of anilines is 1. The molecule has 2 aromatic rings. The number of hydrogen-bond donors (Lipinski definition) is 3. The number of aliphatic hydroxyl groups excluding tert-OH is 1. The van der Waals surface area contributed by atoms with E-state index in [-0.39, 0.29) is 53.4 Å². The molecule has 2 aliphatic rings. The van der Waals surface area contributed by atoms with E-state index in [4.69, 9.17) is 4.74 Å². The van der Waals surface area contributed by atoms with Gasteiger partial charge in [-0.3, -0.25) is 4.79 Å². The number of amides is 3. The van der Waals surface area contributed by atoms with E-state index in [1.165, 1.54) is 17.8 Å². The summed E-state index contributed by atoms with van der Waals surface area (Å²) in [6.45, 7) is 3.76. The number of likely N-dealkylation sites (N-methyl/N-ethyl adjacent to an activating group) is 1. The zero-order chi connectivity index (χ0) is 28.2. The molecule has 214 valence electrons. The lowest BCUT2D eigenvalue weighted by atomic mass is 9.96. The van der Waals surface area contributed by atoms with E-state index in [0.717, 1.165) is 37.0 Å². The largest absolute Gasteiger partial charge is 0.488 e. The van der Waals surface area contributed by atoms with Crippen LogP contribution in [0.2, 0.25) is 0 Å². The maximum Gasteiger partial charge on any atom is 0.319 e. The molecule has 1 saturated carbocycles. The van der Waals surface area contributed by atoms with Crippen LogP contribution in [0.3, 0.4) is 0 Å². The molecule has 2 heterocycles. The third-order valence-electron chi connectivity index (χ3n) is 7.46. The van der Waals surface area contributed by atoms with Crippen LogP contribution in [0.1, 0.15) is 56.3 Å². The molecule has 1 aliphatic heterocycles. The van der Waals surface area contributed by atoms with Crippen LogP contribution in [-0.4, -0.2) is 79.6 Å². The molecule has 1 fully saturated rings. The highest BCUT2D eigenvalue weighted by Gasteiger charge is 2.35. The second-order valence-corrected chi connectivity index (χ2v) is 13.7. The van der Waals surface area contributed by atoms with E-state index in [0.29, 0.717) is 11.4 Å². The predicted octanol–water partition coefficient (Wildman–Crippen LogP) is 3.74. The Bertz CT molecular complexity index is 1250. The third-order valence-corrected chi connectivity index (χ3v) is 10.7. The summed E-state index contributed by atoms with van der Waals surface area (Å²) in [6, 6.07) is 7.48. The standard InChI is InChI=1S/C27H38N4O6S2/c1-18-15-31(19(2)17-32)26(33)22-14-21(29-27(34)28-20-8-5-4-6-9-20)11-12-23(22)37-24(18)16-30(3)39(35,36)25-10-7-13-38-25/h7,10-14,18-20,24,32H,4-6,8-9,15-17H2,1-3H3,(H2,28,29,34)/t18-,19+,24+/m0/s1. The number of carbonyl (C=O) groups excluding carboxylic acids is 2. The molecule has 3 atom stereocenters. The average Bonchev–Trinajstić information content (AvgIpc) is 3.47. The van der Waals surface area contributed by atoms with Gasteiger partial charge in [-0.25, -0.2) is 13.2 Å². The van der Waals surface area contributed by atoms with Crippen molar-refractivity contribution < 1.29 is 27.9 Å². The van der Waals surface area contributed by atoms with Crippen LogP contribution in [0.25, 0.3) is 0 Å². The molecule has 0 bridgehead atoms. The van der Waals surface area contributed by atoms with E-state index < -0.39 is 22.2 Å². The first-order valence-electron chi connectivity index (χ1n) is 13.4.